The molecule has 0 spiro atoms. The van der Waals surface area contributed by atoms with Crippen LogP contribution in [0.4, 0.5) is 0 Å². The molecule has 9 aromatic rings. The summed E-state index contributed by atoms with van der Waals surface area (Å²) in [5, 5.41) is 7.10. The molecule has 47 heavy (non-hydrogen) atoms. The smallest absolute Gasteiger partial charge is 0.196 e. The van der Waals surface area contributed by atoms with Gasteiger partial charge in [0.25, 0.3) is 0 Å². The molecule has 6 aromatic carbocycles. The van der Waals surface area contributed by atoms with Crippen molar-refractivity contribution in [3.05, 3.63) is 121 Å². The molecular formula is C44H37NO2. The van der Waals surface area contributed by atoms with Crippen LogP contribution < -0.4 is 0 Å². The number of rotatable bonds is 9. The number of aromatic nitrogens is 1. The number of benzene rings is 6. The Bertz CT molecular complexity index is 2380. The lowest BCUT2D eigenvalue weighted by atomic mass is 10.0. The van der Waals surface area contributed by atoms with Gasteiger partial charge < -0.3 is 13.4 Å². The molecule has 9 rings (SSSR count). The molecule has 0 fully saturated rings. The van der Waals surface area contributed by atoms with Crippen molar-refractivity contribution in [1.82, 2.24) is 4.57 Å². The average molecular weight is 612 g/mol. The van der Waals surface area contributed by atoms with Crippen LogP contribution in [0, 0.1) is 0 Å². The van der Waals surface area contributed by atoms with E-state index in [9.17, 15) is 0 Å². The van der Waals surface area contributed by atoms with E-state index in [1.165, 1.54) is 75.9 Å². The van der Waals surface area contributed by atoms with Crippen LogP contribution in [0.3, 0.4) is 0 Å². The minimum Gasteiger partial charge on any atom is -0.450 e. The van der Waals surface area contributed by atoms with E-state index >= 15 is 0 Å². The van der Waals surface area contributed by atoms with Crippen molar-refractivity contribution in [2.75, 3.05) is 0 Å². The van der Waals surface area contributed by atoms with Gasteiger partial charge in [-0.3, -0.25) is 0 Å². The molecule has 0 saturated carbocycles. The van der Waals surface area contributed by atoms with Gasteiger partial charge in [0.05, 0.1) is 11.0 Å². The lowest BCUT2D eigenvalue weighted by molar-refractivity contribution is 0.571. The van der Waals surface area contributed by atoms with Crippen LogP contribution in [0.5, 0.6) is 0 Å². The zero-order valence-corrected chi connectivity index (χ0v) is 26.8. The highest BCUT2D eigenvalue weighted by Gasteiger charge is 2.24. The Hall–Kier alpha value is -5.28. The lowest BCUT2D eigenvalue weighted by Crippen LogP contribution is -1.98. The predicted molar refractivity (Wildman–Crippen MR) is 198 cm³/mol. The summed E-state index contributed by atoms with van der Waals surface area (Å²) in [6.07, 6.45) is 7.52. The first-order chi connectivity index (χ1) is 23.2. The fraction of sp³-hybridized carbons (Fsp3) is 0.182. The standard InChI is InChI=1S/C44H37NO2/c1-2-3-4-5-6-13-22-45-41-37-25-33-20-18-31(29-14-9-7-10-15-29)23-35(33)27-39(37)46-43(41)44-42(45)38-26-34-21-19-32(30-16-11-8-12-17-30)24-36(34)28-40(38)47-44/h7-12,14-21,23-28H,2-6,13,22H2,1H3. The first-order valence-corrected chi connectivity index (χ1v) is 17.1. The second kappa shape index (κ2) is 11.5. The van der Waals surface area contributed by atoms with Gasteiger partial charge in [-0.05, 0) is 86.6 Å². The summed E-state index contributed by atoms with van der Waals surface area (Å²) < 4.78 is 16.0. The van der Waals surface area contributed by atoms with Gasteiger partial charge in [-0.15, -0.1) is 0 Å². The van der Waals surface area contributed by atoms with E-state index in [0.29, 0.717) is 0 Å². The molecular weight excluding hydrogens is 574 g/mol. The molecule has 0 radical (unpaired) electrons. The third-order valence-corrected chi connectivity index (χ3v) is 9.94. The molecule has 0 amide bonds. The second-order valence-electron chi connectivity index (χ2n) is 13.0. The molecule has 3 nitrogen and oxygen atoms in total. The Morgan fingerprint density at radius 3 is 1.45 bits per heavy atom. The normalized spacial score (nSPS) is 12.1. The Morgan fingerprint density at radius 2 is 0.936 bits per heavy atom. The Kier molecular flexibility index (Phi) is 6.85. The molecule has 0 N–H and O–H groups in total. The van der Waals surface area contributed by atoms with Crippen LogP contribution in [0.25, 0.3) is 87.9 Å². The fourth-order valence-corrected chi connectivity index (χ4v) is 7.50. The maximum atomic E-state index is 6.75. The number of fused-ring (bicyclic) bond motifs is 9. The van der Waals surface area contributed by atoms with Crippen LogP contribution >= 0.6 is 0 Å². The van der Waals surface area contributed by atoms with Gasteiger partial charge in [0, 0.05) is 17.3 Å². The van der Waals surface area contributed by atoms with Gasteiger partial charge in [-0.2, -0.15) is 0 Å². The van der Waals surface area contributed by atoms with E-state index in [-0.39, 0.29) is 0 Å². The summed E-state index contributed by atoms with van der Waals surface area (Å²) in [7, 11) is 0. The van der Waals surface area contributed by atoms with Gasteiger partial charge in [0.1, 0.15) is 11.2 Å². The topological polar surface area (TPSA) is 31.2 Å². The van der Waals surface area contributed by atoms with E-state index in [2.05, 4.69) is 133 Å². The van der Waals surface area contributed by atoms with E-state index < -0.39 is 0 Å². The first kappa shape index (κ1) is 28.0. The predicted octanol–water partition coefficient (Wildman–Crippen LogP) is 13.3. The quantitative estimate of drug-likeness (QED) is 0.152. The van der Waals surface area contributed by atoms with E-state index in [4.69, 9.17) is 8.83 Å². The minimum absolute atomic E-state index is 0.852. The summed E-state index contributed by atoms with van der Waals surface area (Å²) in [6, 6.07) is 43.7. The third kappa shape index (κ3) is 4.80. The Balaban J connectivity index is 1.22. The Labute approximate surface area is 274 Å². The van der Waals surface area contributed by atoms with Crippen LogP contribution in [0.1, 0.15) is 45.4 Å². The zero-order chi connectivity index (χ0) is 31.3. The van der Waals surface area contributed by atoms with E-state index in [1.807, 2.05) is 0 Å². The van der Waals surface area contributed by atoms with Gasteiger partial charge >= 0.3 is 0 Å². The molecule has 0 aliphatic rings. The number of hydrogen-bond donors (Lipinski definition) is 0. The highest BCUT2D eigenvalue weighted by atomic mass is 16.4. The highest BCUT2D eigenvalue weighted by molar-refractivity contribution is 6.22. The molecule has 0 atom stereocenters. The number of furan rings is 2. The second-order valence-corrected chi connectivity index (χ2v) is 13.0. The van der Waals surface area contributed by atoms with E-state index in [0.717, 1.165) is 57.1 Å². The average Bonchev–Trinajstić information content (AvgIpc) is 3.76. The molecule has 3 heterocycles. The monoisotopic (exact) mass is 611 g/mol. The Morgan fingerprint density at radius 1 is 0.447 bits per heavy atom. The van der Waals surface area contributed by atoms with Crippen molar-refractivity contribution in [3.63, 3.8) is 0 Å². The molecule has 3 heteroatoms. The third-order valence-electron chi connectivity index (χ3n) is 9.94. The number of aryl methyl sites for hydroxylation is 1. The van der Waals surface area contributed by atoms with Crippen molar-refractivity contribution in [2.45, 2.75) is 52.0 Å². The number of hydrogen-bond acceptors (Lipinski definition) is 2. The first-order valence-electron chi connectivity index (χ1n) is 17.1. The summed E-state index contributed by atoms with van der Waals surface area (Å²) in [5.41, 5.74) is 10.7. The zero-order valence-electron chi connectivity index (χ0n) is 26.8. The molecule has 0 aliphatic heterocycles. The SMILES string of the molecule is CCCCCCCCn1c2c3cc4ccc(-c5ccccc5)cc4cc3oc2c2oc3cc4cc(-c5ccccc5)ccc4cc3c21. The van der Waals surface area contributed by atoms with Gasteiger partial charge in [0.15, 0.2) is 11.2 Å². The van der Waals surface area contributed by atoms with Crippen molar-refractivity contribution in [1.29, 1.82) is 0 Å². The summed E-state index contributed by atoms with van der Waals surface area (Å²) >= 11 is 0. The van der Waals surface area contributed by atoms with Crippen LogP contribution in [0.2, 0.25) is 0 Å². The highest BCUT2D eigenvalue weighted by Crippen LogP contribution is 2.44. The summed E-state index contributed by atoms with van der Waals surface area (Å²) in [6.45, 7) is 3.21. The molecule has 0 unspecified atom stereocenters. The lowest BCUT2D eigenvalue weighted by Gasteiger charge is -2.08. The van der Waals surface area contributed by atoms with Crippen molar-refractivity contribution >= 4 is 65.7 Å². The van der Waals surface area contributed by atoms with E-state index in [1.54, 1.807) is 0 Å². The van der Waals surface area contributed by atoms with Crippen LogP contribution in [-0.2, 0) is 6.54 Å². The van der Waals surface area contributed by atoms with Crippen molar-refractivity contribution in [3.8, 4) is 22.3 Å². The molecule has 230 valence electrons. The number of nitrogens with zero attached hydrogens (tertiary/aromatic N) is 1. The van der Waals surface area contributed by atoms with Gasteiger partial charge in [-0.25, -0.2) is 0 Å². The van der Waals surface area contributed by atoms with Crippen LogP contribution in [0.15, 0.2) is 130 Å². The van der Waals surface area contributed by atoms with Gasteiger partial charge in [-0.1, -0.05) is 124 Å². The maximum absolute atomic E-state index is 6.75. The van der Waals surface area contributed by atoms with Crippen molar-refractivity contribution in [2.24, 2.45) is 0 Å². The van der Waals surface area contributed by atoms with Gasteiger partial charge in [0.2, 0.25) is 0 Å². The number of unbranched alkanes of at least 4 members (excludes halogenated alkanes) is 5. The summed E-state index contributed by atoms with van der Waals surface area (Å²) in [4.78, 5) is 0. The maximum Gasteiger partial charge on any atom is 0.196 e. The molecule has 0 saturated heterocycles. The minimum atomic E-state index is 0.852. The molecule has 0 aliphatic carbocycles. The summed E-state index contributed by atoms with van der Waals surface area (Å²) in [5.74, 6) is 0. The molecule has 0 bridgehead atoms. The largest absolute Gasteiger partial charge is 0.450 e. The molecule has 3 aromatic heterocycles. The van der Waals surface area contributed by atoms with Crippen LogP contribution in [-0.4, -0.2) is 4.57 Å². The fourth-order valence-electron chi connectivity index (χ4n) is 7.50. The van der Waals surface area contributed by atoms with Crippen molar-refractivity contribution < 1.29 is 8.83 Å².